The minimum Gasteiger partial charge on any atom is -0.396 e. The molecule has 0 bridgehead atoms. The molecule has 0 fully saturated rings. The number of hydrogen-bond acceptors (Lipinski definition) is 5. The summed E-state index contributed by atoms with van der Waals surface area (Å²) in [5, 5.41) is 16.4. The molecule has 0 amide bonds. The highest BCUT2D eigenvalue weighted by atomic mass is 16.6. The molecule has 0 atom stereocenters. The van der Waals surface area contributed by atoms with Gasteiger partial charge in [-0.05, 0) is 6.42 Å². The minimum absolute atomic E-state index is 0.0117. The van der Waals surface area contributed by atoms with Crippen molar-refractivity contribution in [2.45, 2.75) is 12.8 Å². The van der Waals surface area contributed by atoms with Crippen molar-refractivity contribution < 1.29 is 24.5 Å². The smallest absolute Gasteiger partial charge is 0.339 e. The van der Waals surface area contributed by atoms with Gasteiger partial charge in [-0.15, -0.1) is 0 Å². The van der Waals surface area contributed by atoms with Crippen LogP contribution in [0.3, 0.4) is 0 Å². The van der Waals surface area contributed by atoms with Crippen LogP contribution in [-0.2, 0) is 14.3 Å². The second-order valence-electron chi connectivity index (χ2n) is 1.83. The maximum absolute atomic E-state index is 10.5. The number of carbonyl (C=O) groups excluding carboxylic acids is 2. The molecule has 0 radical (unpaired) electrons. The van der Waals surface area contributed by atoms with Crippen molar-refractivity contribution in [3.05, 3.63) is 0 Å². The van der Waals surface area contributed by atoms with E-state index in [-0.39, 0.29) is 19.4 Å². The fourth-order valence-corrected chi connectivity index (χ4v) is 0.434. The Labute approximate surface area is 63.6 Å². The number of hydrogen-bond donors (Lipinski definition) is 2. The van der Waals surface area contributed by atoms with Gasteiger partial charge in [-0.1, -0.05) is 0 Å². The highest BCUT2D eigenvalue weighted by Gasteiger charge is 2.07. The van der Waals surface area contributed by atoms with Crippen molar-refractivity contribution in [3.8, 4) is 0 Å². The fraction of sp³-hybridized carbons (Fsp3) is 0.667. The van der Waals surface area contributed by atoms with Crippen LogP contribution in [0.1, 0.15) is 12.8 Å². The molecule has 0 saturated heterocycles. The largest absolute Gasteiger partial charge is 0.396 e. The van der Waals surface area contributed by atoms with Gasteiger partial charge in [-0.2, -0.15) is 0 Å². The highest BCUT2D eigenvalue weighted by Crippen LogP contribution is 1.91. The molecular weight excluding hydrogens is 152 g/mol. The number of aliphatic hydroxyl groups excluding tert-OH is 2. The van der Waals surface area contributed by atoms with E-state index < -0.39 is 18.5 Å². The topological polar surface area (TPSA) is 83.8 Å². The van der Waals surface area contributed by atoms with Gasteiger partial charge in [-0.3, -0.25) is 4.79 Å². The normalized spacial score (nSPS) is 9.27. The first-order valence-electron chi connectivity index (χ1n) is 3.16. The summed E-state index contributed by atoms with van der Waals surface area (Å²) in [4.78, 5) is 20.7. The van der Waals surface area contributed by atoms with Crippen LogP contribution < -0.4 is 0 Å². The molecule has 0 aromatic rings. The third-order valence-corrected chi connectivity index (χ3v) is 0.896. The van der Waals surface area contributed by atoms with Crippen molar-refractivity contribution in [2.75, 3.05) is 13.2 Å². The Kier molecular flexibility index (Phi) is 5.32. The predicted octanol–water partition coefficient (Wildman–Crippen LogP) is -1.18. The number of esters is 2. The molecule has 0 saturated carbocycles. The maximum atomic E-state index is 10.5. The van der Waals surface area contributed by atoms with Gasteiger partial charge in [0.15, 0.2) is 0 Å². The third-order valence-electron chi connectivity index (χ3n) is 0.896. The first-order valence-corrected chi connectivity index (χ1v) is 3.16. The fourth-order valence-electron chi connectivity index (χ4n) is 0.434. The van der Waals surface area contributed by atoms with E-state index in [2.05, 4.69) is 4.74 Å². The van der Waals surface area contributed by atoms with Gasteiger partial charge in [0.2, 0.25) is 0 Å². The van der Waals surface area contributed by atoms with Gasteiger partial charge in [0.1, 0.15) is 6.61 Å². The summed E-state index contributed by atoms with van der Waals surface area (Å²) in [6.07, 6.45) is 0.250. The van der Waals surface area contributed by atoms with Gasteiger partial charge >= 0.3 is 11.9 Å². The lowest BCUT2D eigenvalue weighted by Crippen LogP contribution is -2.15. The zero-order valence-corrected chi connectivity index (χ0v) is 5.95. The lowest BCUT2D eigenvalue weighted by atomic mass is 10.3. The van der Waals surface area contributed by atoms with Crippen LogP contribution in [-0.4, -0.2) is 35.4 Å². The average Bonchev–Trinajstić information content (AvgIpc) is 2.00. The summed E-state index contributed by atoms with van der Waals surface area (Å²) in [5.74, 6) is -1.69. The summed E-state index contributed by atoms with van der Waals surface area (Å²) >= 11 is 0. The van der Waals surface area contributed by atoms with Gasteiger partial charge < -0.3 is 14.9 Å². The highest BCUT2D eigenvalue weighted by molar-refractivity contribution is 5.85. The summed E-state index contributed by atoms with van der Waals surface area (Å²) in [6, 6.07) is 0. The molecule has 64 valence electrons. The minimum atomic E-state index is -0.965. The van der Waals surface area contributed by atoms with E-state index in [1.165, 1.54) is 0 Å². The predicted molar refractivity (Wildman–Crippen MR) is 34.5 cm³/mol. The summed E-state index contributed by atoms with van der Waals surface area (Å²) in [5.41, 5.74) is 0. The Morgan fingerprint density at radius 2 is 1.82 bits per heavy atom. The Morgan fingerprint density at radius 1 is 1.18 bits per heavy atom. The molecule has 0 aliphatic carbocycles. The number of rotatable bonds is 4. The zero-order chi connectivity index (χ0) is 8.69. The summed E-state index contributed by atoms with van der Waals surface area (Å²) < 4.78 is 4.06. The van der Waals surface area contributed by atoms with Crippen molar-refractivity contribution >= 4 is 11.9 Å². The summed E-state index contributed by atoms with van der Waals surface area (Å²) in [7, 11) is 0. The lowest BCUT2D eigenvalue weighted by Gasteiger charge is -1.98. The van der Waals surface area contributed by atoms with E-state index in [0.717, 1.165) is 0 Å². The molecule has 0 unspecified atom stereocenters. The standard InChI is InChI=1S/C6H10O5/c7-3-1-2-5(9)11-6(10)4-8/h7-8H,1-4H2. The molecule has 0 spiro atoms. The number of aliphatic hydroxyl groups is 2. The molecule has 11 heavy (non-hydrogen) atoms. The van der Waals surface area contributed by atoms with Crippen molar-refractivity contribution in [1.82, 2.24) is 0 Å². The van der Waals surface area contributed by atoms with Crippen molar-refractivity contribution in [1.29, 1.82) is 0 Å². The van der Waals surface area contributed by atoms with E-state index >= 15 is 0 Å². The molecule has 0 rings (SSSR count). The van der Waals surface area contributed by atoms with Gasteiger partial charge in [0, 0.05) is 13.0 Å². The first kappa shape index (κ1) is 10.1. The Balaban J connectivity index is 3.44. The van der Waals surface area contributed by atoms with E-state index in [1.54, 1.807) is 0 Å². The van der Waals surface area contributed by atoms with Crippen LogP contribution in [0.4, 0.5) is 0 Å². The second-order valence-corrected chi connectivity index (χ2v) is 1.83. The molecule has 5 heteroatoms. The van der Waals surface area contributed by atoms with Crippen LogP contribution in [0.25, 0.3) is 0 Å². The van der Waals surface area contributed by atoms with E-state index in [9.17, 15) is 9.59 Å². The summed E-state index contributed by atoms with van der Waals surface area (Å²) in [6.45, 7) is -0.923. The molecule has 0 aromatic heterocycles. The molecule has 0 aliphatic heterocycles. The molecule has 0 aliphatic rings. The van der Waals surface area contributed by atoms with Crippen LogP contribution in [0.15, 0.2) is 0 Å². The van der Waals surface area contributed by atoms with E-state index in [0.29, 0.717) is 0 Å². The average molecular weight is 162 g/mol. The zero-order valence-electron chi connectivity index (χ0n) is 5.95. The molecular formula is C6H10O5. The Morgan fingerprint density at radius 3 is 2.27 bits per heavy atom. The van der Waals surface area contributed by atoms with E-state index in [1.807, 2.05) is 0 Å². The quantitative estimate of drug-likeness (QED) is 0.401. The van der Waals surface area contributed by atoms with Crippen molar-refractivity contribution in [3.63, 3.8) is 0 Å². The van der Waals surface area contributed by atoms with Gasteiger partial charge in [-0.25, -0.2) is 4.79 Å². The molecule has 2 N–H and O–H groups in total. The number of ether oxygens (including phenoxy) is 1. The van der Waals surface area contributed by atoms with Crippen LogP contribution in [0.2, 0.25) is 0 Å². The van der Waals surface area contributed by atoms with Gasteiger partial charge in [0.05, 0.1) is 0 Å². The molecule has 0 heterocycles. The maximum Gasteiger partial charge on any atom is 0.339 e. The molecule has 5 nitrogen and oxygen atoms in total. The Bertz CT molecular complexity index is 142. The van der Waals surface area contributed by atoms with E-state index in [4.69, 9.17) is 10.2 Å². The van der Waals surface area contributed by atoms with Crippen LogP contribution >= 0.6 is 0 Å². The van der Waals surface area contributed by atoms with Gasteiger partial charge in [0.25, 0.3) is 0 Å². The first-order chi connectivity index (χ1) is 5.20. The number of carbonyl (C=O) groups is 2. The molecule has 0 aromatic carbocycles. The van der Waals surface area contributed by atoms with Crippen LogP contribution in [0.5, 0.6) is 0 Å². The monoisotopic (exact) mass is 162 g/mol. The Hall–Kier alpha value is -0.940. The van der Waals surface area contributed by atoms with Crippen molar-refractivity contribution in [2.24, 2.45) is 0 Å². The second kappa shape index (κ2) is 5.82. The van der Waals surface area contributed by atoms with Crippen LogP contribution in [0, 0.1) is 0 Å². The third kappa shape index (κ3) is 5.50. The SMILES string of the molecule is O=C(CO)OC(=O)CCCO. The lowest BCUT2D eigenvalue weighted by molar-refractivity contribution is -0.161.